The van der Waals surface area contributed by atoms with Gasteiger partial charge in [0.05, 0.1) is 6.54 Å². The SMILES string of the molecule is Clc1cccc(-c2nc(CN3C=CCCN4C(c5ccncc5)NNC34)no2)c1. The number of nitrogens with one attached hydrogen (secondary N) is 2. The summed E-state index contributed by atoms with van der Waals surface area (Å²) in [6.45, 7) is 1.43. The quantitative estimate of drug-likeness (QED) is 0.680. The van der Waals surface area contributed by atoms with E-state index in [4.69, 9.17) is 16.1 Å². The third-order valence-electron chi connectivity index (χ3n) is 5.05. The van der Waals surface area contributed by atoms with Crippen LogP contribution in [0.15, 0.2) is 65.6 Å². The Hall–Kier alpha value is -2.78. The lowest BCUT2D eigenvalue weighted by Crippen LogP contribution is -2.48. The second kappa shape index (κ2) is 7.92. The minimum absolute atomic E-state index is 0.0277. The van der Waals surface area contributed by atoms with Gasteiger partial charge in [0.15, 0.2) is 12.1 Å². The van der Waals surface area contributed by atoms with Crippen LogP contribution >= 0.6 is 11.6 Å². The molecule has 0 aliphatic carbocycles. The second-order valence-electron chi connectivity index (χ2n) is 6.96. The van der Waals surface area contributed by atoms with Crippen LogP contribution in [0.25, 0.3) is 11.5 Å². The molecule has 8 nitrogen and oxygen atoms in total. The van der Waals surface area contributed by atoms with Crippen molar-refractivity contribution in [2.75, 3.05) is 6.54 Å². The molecule has 2 N–H and O–H groups in total. The number of hydrogen-bond donors (Lipinski definition) is 2. The summed E-state index contributed by atoms with van der Waals surface area (Å²) >= 11 is 6.07. The monoisotopic (exact) mass is 409 g/mol. The molecule has 2 aliphatic heterocycles. The molecular formula is C20H20ClN7O. The molecular weight excluding hydrogens is 390 g/mol. The molecule has 29 heavy (non-hydrogen) atoms. The molecule has 4 heterocycles. The number of nitrogens with zero attached hydrogens (tertiary/aromatic N) is 5. The van der Waals surface area contributed by atoms with Gasteiger partial charge in [0.1, 0.15) is 6.17 Å². The first-order valence-electron chi connectivity index (χ1n) is 9.45. The predicted octanol–water partition coefficient (Wildman–Crippen LogP) is 2.90. The van der Waals surface area contributed by atoms with Crippen molar-refractivity contribution >= 4 is 11.6 Å². The number of halogens is 1. The molecule has 2 unspecified atom stereocenters. The minimum Gasteiger partial charge on any atom is -0.341 e. The van der Waals surface area contributed by atoms with Crippen LogP contribution < -0.4 is 10.9 Å². The molecule has 1 fully saturated rings. The van der Waals surface area contributed by atoms with Gasteiger partial charge in [-0.2, -0.15) is 4.98 Å². The van der Waals surface area contributed by atoms with Crippen LogP contribution in [0.5, 0.6) is 0 Å². The van der Waals surface area contributed by atoms with Crippen LogP contribution in [0, 0.1) is 0 Å². The summed E-state index contributed by atoms with van der Waals surface area (Å²) < 4.78 is 5.45. The van der Waals surface area contributed by atoms with Crippen molar-refractivity contribution in [3.05, 3.63) is 77.5 Å². The third kappa shape index (κ3) is 3.75. The first-order chi connectivity index (χ1) is 14.3. The number of aromatic nitrogens is 3. The zero-order valence-corrected chi connectivity index (χ0v) is 16.3. The van der Waals surface area contributed by atoms with E-state index in [1.807, 2.05) is 48.8 Å². The van der Waals surface area contributed by atoms with Crippen LogP contribution in [0.2, 0.25) is 5.02 Å². The van der Waals surface area contributed by atoms with Crippen molar-refractivity contribution < 1.29 is 4.52 Å². The Morgan fingerprint density at radius 3 is 2.93 bits per heavy atom. The van der Waals surface area contributed by atoms with Gasteiger partial charge in [-0.15, -0.1) is 0 Å². The van der Waals surface area contributed by atoms with Gasteiger partial charge >= 0.3 is 0 Å². The zero-order chi connectivity index (χ0) is 19.6. The maximum absolute atomic E-state index is 6.07. The maximum atomic E-state index is 6.07. The summed E-state index contributed by atoms with van der Waals surface area (Å²) in [5.41, 5.74) is 8.75. The van der Waals surface area contributed by atoms with Crippen LogP contribution in [0.3, 0.4) is 0 Å². The normalized spacial score (nSPS) is 21.9. The molecule has 0 radical (unpaired) electrons. The standard InChI is InChI=1S/C20H20ClN7O/c21-16-5-3-4-15(12-16)19-23-17(26-29-19)13-27-10-1-2-11-28-18(24-25-20(27)28)14-6-8-22-9-7-14/h1,3-10,12,18,20,24-25H,2,11,13H2. The smallest absolute Gasteiger partial charge is 0.258 e. The van der Waals surface area contributed by atoms with E-state index in [0.29, 0.717) is 23.3 Å². The summed E-state index contributed by atoms with van der Waals surface area (Å²) in [5, 5.41) is 4.79. The van der Waals surface area contributed by atoms with E-state index in [0.717, 1.165) is 18.5 Å². The van der Waals surface area contributed by atoms with Crippen LogP contribution in [0.4, 0.5) is 0 Å². The van der Waals surface area contributed by atoms with Crippen molar-refractivity contribution in [1.29, 1.82) is 0 Å². The Kier molecular flexibility index (Phi) is 4.99. The molecule has 1 aromatic carbocycles. The summed E-state index contributed by atoms with van der Waals surface area (Å²) in [5.74, 6) is 1.07. The first kappa shape index (κ1) is 18.3. The lowest BCUT2D eigenvalue weighted by molar-refractivity contribution is 0.0759. The van der Waals surface area contributed by atoms with E-state index < -0.39 is 0 Å². The number of pyridine rings is 1. The maximum Gasteiger partial charge on any atom is 0.258 e. The summed E-state index contributed by atoms with van der Waals surface area (Å²) in [6, 6.07) is 11.5. The average Bonchev–Trinajstić information content (AvgIpc) is 3.33. The molecule has 0 spiro atoms. The molecule has 9 heteroatoms. The number of hydrogen-bond acceptors (Lipinski definition) is 8. The second-order valence-corrected chi connectivity index (χ2v) is 7.39. The van der Waals surface area contributed by atoms with Gasteiger partial charge in [0.25, 0.3) is 5.89 Å². The fraction of sp³-hybridized carbons (Fsp3) is 0.250. The van der Waals surface area contributed by atoms with Gasteiger partial charge in [-0.05, 0) is 48.5 Å². The molecule has 0 saturated carbocycles. The van der Waals surface area contributed by atoms with Gasteiger partial charge in [0, 0.05) is 29.5 Å². The van der Waals surface area contributed by atoms with E-state index >= 15 is 0 Å². The lowest BCUT2D eigenvalue weighted by Gasteiger charge is -2.32. The van der Waals surface area contributed by atoms with Gasteiger partial charge in [-0.3, -0.25) is 4.98 Å². The van der Waals surface area contributed by atoms with Crippen molar-refractivity contribution in [2.45, 2.75) is 25.4 Å². The van der Waals surface area contributed by atoms with Gasteiger partial charge in [0.2, 0.25) is 0 Å². The molecule has 3 aromatic rings. The van der Waals surface area contributed by atoms with Crippen molar-refractivity contribution in [1.82, 2.24) is 35.8 Å². The first-order valence-corrected chi connectivity index (χ1v) is 9.83. The molecule has 148 valence electrons. The number of rotatable bonds is 4. The zero-order valence-electron chi connectivity index (χ0n) is 15.6. The summed E-state index contributed by atoms with van der Waals surface area (Å²) in [7, 11) is 0. The lowest BCUT2D eigenvalue weighted by atomic mass is 10.2. The molecule has 2 aliphatic rings. The Morgan fingerprint density at radius 2 is 2.07 bits per heavy atom. The highest BCUT2D eigenvalue weighted by molar-refractivity contribution is 6.30. The minimum atomic E-state index is -0.0277. The molecule has 2 aromatic heterocycles. The highest BCUT2D eigenvalue weighted by atomic mass is 35.5. The van der Waals surface area contributed by atoms with E-state index in [2.05, 4.69) is 48.1 Å². The Morgan fingerprint density at radius 1 is 1.17 bits per heavy atom. The van der Waals surface area contributed by atoms with E-state index in [1.54, 1.807) is 0 Å². The predicted molar refractivity (Wildman–Crippen MR) is 108 cm³/mol. The number of hydrazine groups is 1. The van der Waals surface area contributed by atoms with Crippen molar-refractivity contribution in [3.63, 3.8) is 0 Å². The molecule has 0 amide bonds. The summed E-state index contributed by atoms with van der Waals surface area (Å²) in [4.78, 5) is 13.2. The molecule has 5 rings (SSSR count). The fourth-order valence-corrected chi connectivity index (χ4v) is 3.87. The third-order valence-corrected chi connectivity index (χ3v) is 5.28. The van der Waals surface area contributed by atoms with Crippen molar-refractivity contribution in [2.24, 2.45) is 0 Å². The topological polar surface area (TPSA) is 82.4 Å². The Labute approximate surface area is 173 Å². The van der Waals surface area contributed by atoms with Crippen molar-refractivity contribution in [3.8, 4) is 11.5 Å². The van der Waals surface area contributed by atoms with E-state index in [9.17, 15) is 0 Å². The fourth-order valence-electron chi connectivity index (χ4n) is 3.68. The van der Waals surface area contributed by atoms with E-state index in [-0.39, 0.29) is 12.5 Å². The molecule has 1 saturated heterocycles. The van der Waals surface area contributed by atoms with Crippen LogP contribution in [0.1, 0.15) is 24.0 Å². The average molecular weight is 410 g/mol. The van der Waals surface area contributed by atoms with Gasteiger partial charge in [-0.25, -0.2) is 15.8 Å². The molecule has 2 atom stereocenters. The van der Waals surface area contributed by atoms with Crippen LogP contribution in [-0.2, 0) is 6.54 Å². The summed E-state index contributed by atoms with van der Waals surface area (Å²) in [6.07, 6.45) is 8.88. The van der Waals surface area contributed by atoms with Crippen LogP contribution in [-0.4, -0.2) is 37.8 Å². The largest absolute Gasteiger partial charge is 0.341 e. The Balaban J connectivity index is 1.35. The van der Waals surface area contributed by atoms with Gasteiger partial charge in [-0.1, -0.05) is 28.9 Å². The highest BCUT2D eigenvalue weighted by Gasteiger charge is 2.37. The Bertz CT molecular complexity index is 1010. The molecule has 0 bridgehead atoms. The van der Waals surface area contributed by atoms with Gasteiger partial charge < -0.3 is 9.42 Å². The number of fused-ring (bicyclic) bond motifs is 1. The number of benzene rings is 1. The van der Waals surface area contributed by atoms with E-state index in [1.165, 1.54) is 5.56 Å². The highest BCUT2D eigenvalue weighted by Crippen LogP contribution is 2.28.